The summed E-state index contributed by atoms with van der Waals surface area (Å²) in [6.07, 6.45) is 2.58. The molecule has 1 fully saturated rings. The first-order chi connectivity index (χ1) is 9.06. The van der Waals surface area contributed by atoms with Crippen LogP contribution in [0.2, 0.25) is 0 Å². The lowest BCUT2D eigenvalue weighted by Crippen LogP contribution is -2.35. The standard InChI is InChI=1S/C15H22N2OS/c1-10-7-11(2)14(12(3)8-10)17-15(19)16-9-13-5-4-6-18-13/h7-8,13H,4-6,9H2,1-3H3,(H2,16,17,19). The van der Waals surface area contributed by atoms with E-state index in [1.807, 2.05) is 0 Å². The van der Waals surface area contributed by atoms with Gasteiger partial charge in [-0.15, -0.1) is 0 Å². The number of thiocarbonyl (C=S) groups is 1. The van der Waals surface area contributed by atoms with Crippen molar-refractivity contribution in [2.75, 3.05) is 18.5 Å². The van der Waals surface area contributed by atoms with Crippen LogP contribution in [0.25, 0.3) is 0 Å². The molecule has 0 saturated carbocycles. The van der Waals surface area contributed by atoms with Crippen LogP contribution in [0.4, 0.5) is 5.69 Å². The first-order valence-electron chi connectivity index (χ1n) is 6.80. The minimum atomic E-state index is 0.306. The molecule has 104 valence electrons. The van der Waals surface area contributed by atoms with E-state index in [0.29, 0.717) is 11.2 Å². The van der Waals surface area contributed by atoms with Crippen molar-refractivity contribution in [3.05, 3.63) is 28.8 Å². The van der Waals surface area contributed by atoms with Crippen LogP contribution >= 0.6 is 12.2 Å². The summed E-state index contributed by atoms with van der Waals surface area (Å²) in [6.45, 7) is 7.98. The minimum Gasteiger partial charge on any atom is -0.376 e. The van der Waals surface area contributed by atoms with Gasteiger partial charge in [0.1, 0.15) is 0 Å². The Morgan fingerprint density at radius 3 is 2.58 bits per heavy atom. The van der Waals surface area contributed by atoms with Crippen LogP contribution in [0.15, 0.2) is 12.1 Å². The third-order valence-electron chi connectivity index (χ3n) is 3.43. The van der Waals surface area contributed by atoms with E-state index in [9.17, 15) is 0 Å². The summed E-state index contributed by atoms with van der Waals surface area (Å²) in [4.78, 5) is 0. The predicted octanol–water partition coefficient (Wildman–Crippen LogP) is 3.08. The molecular weight excluding hydrogens is 256 g/mol. The molecule has 1 aliphatic rings. The molecule has 0 bridgehead atoms. The molecule has 0 aromatic heterocycles. The first kappa shape index (κ1) is 14.3. The molecule has 2 rings (SSSR count). The number of aryl methyl sites for hydroxylation is 3. The lowest BCUT2D eigenvalue weighted by atomic mass is 10.1. The molecule has 2 N–H and O–H groups in total. The van der Waals surface area contributed by atoms with Crippen LogP contribution in [0.3, 0.4) is 0 Å². The zero-order valence-electron chi connectivity index (χ0n) is 11.9. The van der Waals surface area contributed by atoms with E-state index in [-0.39, 0.29) is 0 Å². The second kappa shape index (κ2) is 6.35. The Morgan fingerprint density at radius 2 is 2.00 bits per heavy atom. The van der Waals surface area contributed by atoms with E-state index in [1.165, 1.54) is 16.7 Å². The molecule has 1 aliphatic heterocycles. The van der Waals surface area contributed by atoms with Crippen molar-refractivity contribution in [1.29, 1.82) is 0 Å². The maximum absolute atomic E-state index is 5.57. The van der Waals surface area contributed by atoms with E-state index < -0.39 is 0 Å². The topological polar surface area (TPSA) is 33.3 Å². The molecule has 1 aromatic carbocycles. The summed E-state index contributed by atoms with van der Waals surface area (Å²) in [5, 5.41) is 7.20. The van der Waals surface area contributed by atoms with Gasteiger partial charge in [0.05, 0.1) is 6.10 Å². The fraction of sp³-hybridized carbons (Fsp3) is 0.533. The molecule has 1 saturated heterocycles. The smallest absolute Gasteiger partial charge is 0.170 e. The normalized spacial score (nSPS) is 18.4. The minimum absolute atomic E-state index is 0.306. The van der Waals surface area contributed by atoms with Gasteiger partial charge in [0.25, 0.3) is 0 Å². The van der Waals surface area contributed by atoms with Gasteiger partial charge in [0, 0.05) is 18.8 Å². The Labute approximate surface area is 120 Å². The van der Waals surface area contributed by atoms with E-state index in [4.69, 9.17) is 17.0 Å². The number of ether oxygens (including phenoxy) is 1. The summed E-state index contributed by atoms with van der Waals surface area (Å²) >= 11 is 5.34. The highest BCUT2D eigenvalue weighted by atomic mass is 32.1. The number of hydrogen-bond donors (Lipinski definition) is 2. The lowest BCUT2D eigenvalue weighted by Gasteiger charge is -2.17. The molecule has 0 aliphatic carbocycles. The maximum atomic E-state index is 5.57. The summed E-state index contributed by atoms with van der Waals surface area (Å²) in [7, 11) is 0. The Morgan fingerprint density at radius 1 is 1.32 bits per heavy atom. The van der Waals surface area contributed by atoms with Crippen LogP contribution in [-0.4, -0.2) is 24.4 Å². The zero-order chi connectivity index (χ0) is 13.8. The Hall–Kier alpha value is -1.13. The van der Waals surface area contributed by atoms with Gasteiger partial charge in [-0.25, -0.2) is 0 Å². The number of anilines is 1. The fourth-order valence-electron chi connectivity index (χ4n) is 2.55. The number of nitrogens with one attached hydrogen (secondary N) is 2. The highest BCUT2D eigenvalue weighted by Gasteiger charge is 2.15. The Balaban J connectivity index is 1.91. The van der Waals surface area contributed by atoms with Crippen molar-refractivity contribution in [3.8, 4) is 0 Å². The van der Waals surface area contributed by atoms with Gasteiger partial charge in [-0.05, 0) is 57.0 Å². The quantitative estimate of drug-likeness (QED) is 0.833. The SMILES string of the molecule is Cc1cc(C)c(NC(=S)NCC2CCCO2)c(C)c1. The second-order valence-corrected chi connectivity index (χ2v) is 5.65. The molecule has 1 heterocycles. The molecule has 1 unspecified atom stereocenters. The maximum Gasteiger partial charge on any atom is 0.170 e. The first-order valence-corrected chi connectivity index (χ1v) is 7.21. The van der Waals surface area contributed by atoms with Crippen molar-refractivity contribution in [2.45, 2.75) is 39.7 Å². The number of hydrogen-bond acceptors (Lipinski definition) is 2. The van der Waals surface area contributed by atoms with Crippen LogP contribution in [0.5, 0.6) is 0 Å². The van der Waals surface area contributed by atoms with Gasteiger partial charge in [0.15, 0.2) is 5.11 Å². The van der Waals surface area contributed by atoms with Gasteiger partial charge < -0.3 is 15.4 Å². The monoisotopic (exact) mass is 278 g/mol. The lowest BCUT2D eigenvalue weighted by molar-refractivity contribution is 0.114. The molecule has 1 aromatic rings. The van der Waals surface area contributed by atoms with E-state index in [2.05, 4.69) is 43.5 Å². The average molecular weight is 278 g/mol. The Kier molecular flexibility index (Phi) is 4.77. The molecule has 0 amide bonds. The summed E-state index contributed by atoms with van der Waals surface area (Å²) < 4.78 is 5.57. The van der Waals surface area contributed by atoms with Crippen LogP contribution in [0.1, 0.15) is 29.5 Å². The zero-order valence-corrected chi connectivity index (χ0v) is 12.7. The Bertz CT molecular complexity index is 444. The van der Waals surface area contributed by atoms with Gasteiger partial charge in [-0.2, -0.15) is 0 Å². The van der Waals surface area contributed by atoms with E-state index in [1.54, 1.807) is 0 Å². The van der Waals surface area contributed by atoms with Crippen molar-refractivity contribution in [2.24, 2.45) is 0 Å². The van der Waals surface area contributed by atoms with E-state index in [0.717, 1.165) is 31.7 Å². The molecule has 0 spiro atoms. The van der Waals surface area contributed by atoms with Crippen molar-refractivity contribution >= 4 is 23.0 Å². The van der Waals surface area contributed by atoms with Crippen LogP contribution in [0, 0.1) is 20.8 Å². The van der Waals surface area contributed by atoms with Crippen molar-refractivity contribution < 1.29 is 4.74 Å². The summed E-state index contributed by atoms with van der Waals surface area (Å²) in [5.41, 5.74) is 4.83. The van der Waals surface area contributed by atoms with E-state index >= 15 is 0 Å². The number of benzene rings is 1. The summed E-state index contributed by atoms with van der Waals surface area (Å²) in [6, 6.07) is 4.33. The predicted molar refractivity (Wildman–Crippen MR) is 83.9 cm³/mol. The van der Waals surface area contributed by atoms with Crippen molar-refractivity contribution in [3.63, 3.8) is 0 Å². The molecule has 3 nitrogen and oxygen atoms in total. The molecule has 1 atom stereocenters. The molecule has 4 heteroatoms. The van der Waals surface area contributed by atoms with Gasteiger partial charge in [-0.1, -0.05) is 17.7 Å². The second-order valence-electron chi connectivity index (χ2n) is 5.24. The van der Waals surface area contributed by atoms with Crippen molar-refractivity contribution in [1.82, 2.24) is 5.32 Å². The fourth-order valence-corrected chi connectivity index (χ4v) is 2.73. The van der Waals surface area contributed by atoms with Gasteiger partial charge in [0.2, 0.25) is 0 Å². The summed E-state index contributed by atoms with van der Waals surface area (Å²) in [5.74, 6) is 0. The number of rotatable bonds is 3. The highest BCUT2D eigenvalue weighted by molar-refractivity contribution is 7.80. The van der Waals surface area contributed by atoms with Gasteiger partial charge >= 0.3 is 0 Å². The van der Waals surface area contributed by atoms with Crippen LogP contribution in [-0.2, 0) is 4.74 Å². The largest absolute Gasteiger partial charge is 0.376 e. The van der Waals surface area contributed by atoms with Gasteiger partial charge in [-0.3, -0.25) is 0 Å². The molecule has 19 heavy (non-hydrogen) atoms. The average Bonchev–Trinajstić information content (AvgIpc) is 2.84. The molecule has 0 radical (unpaired) electrons. The third-order valence-corrected chi connectivity index (χ3v) is 3.68. The molecular formula is C15H22N2OS. The highest BCUT2D eigenvalue weighted by Crippen LogP contribution is 2.21. The third kappa shape index (κ3) is 3.91. The van der Waals surface area contributed by atoms with Crippen LogP contribution < -0.4 is 10.6 Å².